The number of amides is 2. The highest BCUT2D eigenvalue weighted by molar-refractivity contribution is 6.36. The molecule has 0 radical (unpaired) electrons. The van der Waals surface area contributed by atoms with Crippen LogP contribution in [0.5, 0.6) is 0 Å². The standard InChI is InChI=1S/C23H28Cl2N2O2/c1-3-15-26-23(29)21(4-2)27(16-18-19(24)11-8-12-20(18)25)22(28)14-13-17-9-6-5-7-10-17/h5-12,21H,3-4,13-16H2,1-2H3,(H,26,29)/t21-/m1/s1. The number of carbonyl (C=O) groups excluding carboxylic acids is 2. The van der Waals surface area contributed by atoms with Crippen LogP contribution in [0.3, 0.4) is 0 Å². The van der Waals surface area contributed by atoms with Crippen molar-refractivity contribution in [2.45, 2.75) is 52.1 Å². The van der Waals surface area contributed by atoms with E-state index in [-0.39, 0.29) is 18.4 Å². The summed E-state index contributed by atoms with van der Waals surface area (Å²) in [6, 6.07) is 14.5. The molecular formula is C23H28Cl2N2O2. The van der Waals surface area contributed by atoms with E-state index in [0.29, 0.717) is 41.4 Å². The third-order valence-corrected chi connectivity index (χ3v) is 5.50. The number of hydrogen-bond donors (Lipinski definition) is 1. The molecule has 1 atom stereocenters. The van der Waals surface area contributed by atoms with Crippen molar-refractivity contribution in [3.05, 3.63) is 69.7 Å². The highest BCUT2D eigenvalue weighted by atomic mass is 35.5. The summed E-state index contributed by atoms with van der Waals surface area (Å²) in [5.41, 5.74) is 1.74. The minimum atomic E-state index is -0.572. The van der Waals surface area contributed by atoms with Crippen molar-refractivity contribution in [3.8, 4) is 0 Å². The summed E-state index contributed by atoms with van der Waals surface area (Å²) in [6.45, 7) is 4.67. The first-order valence-corrected chi connectivity index (χ1v) is 10.8. The molecule has 0 aromatic heterocycles. The molecule has 4 nitrogen and oxygen atoms in total. The second kappa shape index (κ2) is 11.8. The molecule has 0 fully saturated rings. The molecule has 6 heteroatoms. The Labute approximate surface area is 183 Å². The summed E-state index contributed by atoms with van der Waals surface area (Å²) in [6.07, 6.45) is 2.26. The molecule has 0 unspecified atom stereocenters. The summed E-state index contributed by atoms with van der Waals surface area (Å²) in [5.74, 6) is -0.242. The molecular weight excluding hydrogens is 407 g/mol. The summed E-state index contributed by atoms with van der Waals surface area (Å²) < 4.78 is 0. The van der Waals surface area contributed by atoms with Crippen LogP contribution in [0, 0.1) is 0 Å². The Bertz CT molecular complexity index is 792. The zero-order valence-corrected chi connectivity index (χ0v) is 18.5. The topological polar surface area (TPSA) is 49.4 Å². The second-order valence-electron chi connectivity index (χ2n) is 6.92. The lowest BCUT2D eigenvalue weighted by molar-refractivity contribution is -0.141. The van der Waals surface area contributed by atoms with Crippen molar-refractivity contribution < 1.29 is 9.59 Å². The van der Waals surface area contributed by atoms with Gasteiger partial charge in [-0.15, -0.1) is 0 Å². The molecule has 2 aromatic carbocycles. The molecule has 156 valence electrons. The van der Waals surface area contributed by atoms with Crippen LogP contribution in [0.1, 0.15) is 44.2 Å². The fourth-order valence-electron chi connectivity index (χ4n) is 3.18. The van der Waals surface area contributed by atoms with Gasteiger partial charge in [-0.3, -0.25) is 9.59 Å². The van der Waals surface area contributed by atoms with E-state index in [1.54, 1.807) is 23.1 Å². The molecule has 2 amide bonds. The molecule has 2 rings (SSSR count). The highest BCUT2D eigenvalue weighted by Crippen LogP contribution is 2.27. The highest BCUT2D eigenvalue weighted by Gasteiger charge is 2.29. The third-order valence-electron chi connectivity index (χ3n) is 4.80. The molecule has 1 N–H and O–H groups in total. The minimum absolute atomic E-state index is 0.0941. The van der Waals surface area contributed by atoms with Crippen molar-refractivity contribution in [3.63, 3.8) is 0 Å². The minimum Gasteiger partial charge on any atom is -0.354 e. The van der Waals surface area contributed by atoms with Crippen LogP contribution in [0.2, 0.25) is 10.0 Å². The molecule has 0 bridgehead atoms. The van der Waals surface area contributed by atoms with Gasteiger partial charge < -0.3 is 10.2 Å². The molecule has 2 aromatic rings. The summed E-state index contributed by atoms with van der Waals surface area (Å²) in [4.78, 5) is 27.5. The number of nitrogens with one attached hydrogen (secondary N) is 1. The largest absolute Gasteiger partial charge is 0.354 e. The smallest absolute Gasteiger partial charge is 0.242 e. The van der Waals surface area contributed by atoms with Gasteiger partial charge >= 0.3 is 0 Å². The number of benzene rings is 2. The number of nitrogens with zero attached hydrogens (tertiary/aromatic N) is 1. The van der Waals surface area contributed by atoms with Gasteiger partial charge in [-0.2, -0.15) is 0 Å². The van der Waals surface area contributed by atoms with Gasteiger partial charge in [-0.05, 0) is 37.0 Å². The number of rotatable bonds is 10. The SMILES string of the molecule is CCCNC(=O)[C@@H](CC)N(Cc1c(Cl)cccc1Cl)C(=O)CCc1ccccc1. The Morgan fingerprint density at radius 2 is 1.66 bits per heavy atom. The van der Waals surface area contributed by atoms with Crippen molar-refractivity contribution >= 4 is 35.0 Å². The number of halogens is 2. The molecule has 0 aliphatic heterocycles. The Hall–Kier alpha value is -2.04. The van der Waals surface area contributed by atoms with E-state index in [1.807, 2.05) is 44.2 Å². The van der Waals surface area contributed by atoms with E-state index < -0.39 is 6.04 Å². The Morgan fingerprint density at radius 3 is 2.24 bits per heavy atom. The zero-order valence-electron chi connectivity index (χ0n) is 17.0. The number of carbonyl (C=O) groups is 2. The maximum absolute atomic E-state index is 13.2. The summed E-state index contributed by atoms with van der Waals surface area (Å²) in [5, 5.41) is 3.88. The monoisotopic (exact) mass is 434 g/mol. The lowest BCUT2D eigenvalue weighted by Crippen LogP contribution is -2.49. The van der Waals surface area contributed by atoms with E-state index in [9.17, 15) is 9.59 Å². The van der Waals surface area contributed by atoms with Crippen LogP contribution in [0.25, 0.3) is 0 Å². The average molecular weight is 435 g/mol. The van der Waals surface area contributed by atoms with Crippen LogP contribution < -0.4 is 5.32 Å². The van der Waals surface area contributed by atoms with Crippen molar-refractivity contribution in [2.24, 2.45) is 0 Å². The van der Waals surface area contributed by atoms with Crippen LogP contribution in [0.15, 0.2) is 48.5 Å². The summed E-state index contributed by atoms with van der Waals surface area (Å²) in [7, 11) is 0. The normalized spacial score (nSPS) is 11.7. The van der Waals surface area contributed by atoms with Crippen molar-refractivity contribution in [2.75, 3.05) is 6.54 Å². The first kappa shape index (κ1) is 23.2. The predicted molar refractivity (Wildman–Crippen MR) is 119 cm³/mol. The van der Waals surface area contributed by atoms with Gasteiger partial charge in [0, 0.05) is 35.1 Å². The van der Waals surface area contributed by atoms with Crippen LogP contribution in [-0.4, -0.2) is 29.3 Å². The molecule has 0 aliphatic carbocycles. The molecule has 29 heavy (non-hydrogen) atoms. The lowest BCUT2D eigenvalue weighted by Gasteiger charge is -2.31. The fraction of sp³-hybridized carbons (Fsp3) is 0.391. The van der Waals surface area contributed by atoms with E-state index in [1.165, 1.54) is 0 Å². The zero-order chi connectivity index (χ0) is 21.2. The van der Waals surface area contributed by atoms with Gasteiger partial charge in [0.1, 0.15) is 6.04 Å². The van der Waals surface area contributed by atoms with E-state index in [4.69, 9.17) is 23.2 Å². The first-order chi connectivity index (χ1) is 14.0. The Balaban J connectivity index is 2.25. The van der Waals surface area contributed by atoms with Crippen LogP contribution in [-0.2, 0) is 22.6 Å². The van der Waals surface area contributed by atoms with E-state index in [2.05, 4.69) is 5.32 Å². The van der Waals surface area contributed by atoms with Crippen LogP contribution in [0.4, 0.5) is 0 Å². The van der Waals surface area contributed by atoms with Crippen molar-refractivity contribution in [1.82, 2.24) is 10.2 Å². The lowest BCUT2D eigenvalue weighted by atomic mass is 10.1. The van der Waals surface area contributed by atoms with Gasteiger partial charge in [0.15, 0.2) is 0 Å². The van der Waals surface area contributed by atoms with Gasteiger partial charge in [-0.1, -0.05) is 73.4 Å². The summed E-state index contributed by atoms with van der Waals surface area (Å²) >= 11 is 12.7. The average Bonchev–Trinajstić information content (AvgIpc) is 2.73. The maximum atomic E-state index is 13.2. The van der Waals surface area contributed by atoms with E-state index >= 15 is 0 Å². The quantitative estimate of drug-likeness (QED) is 0.554. The predicted octanol–water partition coefficient (Wildman–Crippen LogP) is 5.26. The Kier molecular flexibility index (Phi) is 9.49. The molecule has 0 saturated carbocycles. The van der Waals surface area contributed by atoms with Crippen molar-refractivity contribution in [1.29, 1.82) is 0 Å². The van der Waals surface area contributed by atoms with Gasteiger partial charge in [0.05, 0.1) is 0 Å². The van der Waals surface area contributed by atoms with Crippen LogP contribution >= 0.6 is 23.2 Å². The maximum Gasteiger partial charge on any atom is 0.242 e. The molecule has 0 aliphatic rings. The second-order valence-corrected chi connectivity index (χ2v) is 7.74. The third kappa shape index (κ3) is 6.76. The number of hydrogen-bond acceptors (Lipinski definition) is 2. The molecule has 0 heterocycles. The van der Waals surface area contributed by atoms with E-state index in [0.717, 1.165) is 12.0 Å². The number of aryl methyl sites for hydroxylation is 1. The Morgan fingerprint density at radius 1 is 1.00 bits per heavy atom. The first-order valence-electron chi connectivity index (χ1n) is 10.0. The molecule has 0 saturated heterocycles. The van der Waals surface area contributed by atoms with Gasteiger partial charge in [-0.25, -0.2) is 0 Å². The van der Waals surface area contributed by atoms with Gasteiger partial charge in [0.2, 0.25) is 11.8 Å². The van der Waals surface area contributed by atoms with Gasteiger partial charge in [0.25, 0.3) is 0 Å². The fourth-order valence-corrected chi connectivity index (χ4v) is 3.70. The molecule has 0 spiro atoms.